The normalized spacial score (nSPS) is 20.8. The van der Waals surface area contributed by atoms with Gasteiger partial charge in [0.2, 0.25) is 10.0 Å². The fourth-order valence-corrected chi connectivity index (χ4v) is 5.73. The number of benzene rings is 2. The van der Waals surface area contributed by atoms with E-state index in [4.69, 9.17) is 0 Å². The number of aryl methyl sites for hydroxylation is 2. The second-order valence-electron chi connectivity index (χ2n) is 7.77. The van der Waals surface area contributed by atoms with Crippen molar-refractivity contribution in [1.82, 2.24) is 4.31 Å². The highest BCUT2D eigenvalue weighted by molar-refractivity contribution is 7.89. The van der Waals surface area contributed by atoms with Gasteiger partial charge in [0.25, 0.3) is 0 Å². The van der Waals surface area contributed by atoms with Crippen LogP contribution in [0.4, 0.5) is 0 Å². The molecule has 4 nitrogen and oxygen atoms in total. The number of sulfonamides is 1. The van der Waals surface area contributed by atoms with Crippen LogP contribution in [0.5, 0.6) is 0 Å². The van der Waals surface area contributed by atoms with E-state index in [9.17, 15) is 13.2 Å². The molecule has 1 atom stereocenters. The molecule has 0 aromatic heterocycles. The van der Waals surface area contributed by atoms with Gasteiger partial charge >= 0.3 is 0 Å². The number of ketones is 1. The standard InChI is InChI=1S/C21H25NO3S/c1-14(2)26(24,25)22-12-4-6-17(13-22)21(23)19-11-10-16-9-8-15-5-3-7-18(19)20(15)16/h3,5,7,10-11,14,17H,4,6,8-9,12-13H2,1-2H3/t17-/m0/s1. The maximum absolute atomic E-state index is 13.3. The van der Waals surface area contributed by atoms with E-state index in [0.717, 1.165) is 36.6 Å². The third-order valence-corrected chi connectivity index (χ3v) is 8.10. The number of carbonyl (C=O) groups is 1. The lowest BCUT2D eigenvalue weighted by Gasteiger charge is -2.32. The molecule has 1 aliphatic carbocycles. The smallest absolute Gasteiger partial charge is 0.216 e. The number of Topliss-reactive ketones (excluding diaryl/α,β-unsaturated/α-hetero) is 1. The van der Waals surface area contributed by atoms with Crippen molar-refractivity contribution in [2.75, 3.05) is 13.1 Å². The molecule has 0 amide bonds. The fraction of sp³-hybridized carbons (Fsp3) is 0.476. The van der Waals surface area contributed by atoms with Crippen molar-refractivity contribution in [3.63, 3.8) is 0 Å². The minimum absolute atomic E-state index is 0.0873. The summed E-state index contributed by atoms with van der Waals surface area (Å²) in [4.78, 5) is 13.3. The first kappa shape index (κ1) is 17.7. The Morgan fingerprint density at radius 1 is 1.12 bits per heavy atom. The Balaban J connectivity index is 1.68. The van der Waals surface area contributed by atoms with Crippen LogP contribution in [0.25, 0.3) is 10.8 Å². The molecule has 0 saturated carbocycles. The molecule has 0 radical (unpaired) electrons. The van der Waals surface area contributed by atoms with E-state index in [1.807, 2.05) is 18.2 Å². The van der Waals surface area contributed by atoms with Crippen molar-refractivity contribution in [2.45, 2.75) is 44.8 Å². The second kappa shape index (κ2) is 6.46. The Morgan fingerprint density at radius 3 is 2.58 bits per heavy atom. The van der Waals surface area contributed by atoms with Crippen LogP contribution >= 0.6 is 0 Å². The zero-order chi connectivity index (χ0) is 18.5. The average Bonchev–Trinajstić information content (AvgIpc) is 3.06. The van der Waals surface area contributed by atoms with Gasteiger partial charge in [0, 0.05) is 24.6 Å². The van der Waals surface area contributed by atoms with Gasteiger partial charge in [-0.3, -0.25) is 4.79 Å². The molecular formula is C21H25NO3S. The summed E-state index contributed by atoms with van der Waals surface area (Å²) < 4.78 is 26.5. The summed E-state index contributed by atoms with van der Waals surface area (Å²) in [6.07, 6.45) is 3.57. The predicted octanol–water partition coefficient (Wildman–Crippen LogP) is 3.57. The summed E-state index contributed by atoms with van der Waals surface area (Å²) in [5, 5.41) is 1.82. The van der Waals surface area contributed by atoms with Crippen molar-refractivity contribution in [1.29, 1.82) is 0 Å². The van der Waals surface area contributed by atoms with E-state index in [1.165, 1.54) is 20.8 Å². The largest absolute Gasteiger partial charge is 0.294 e. The van der Waals surface area contributed by atoms with Crippen LogP contribution in [-0.4, -0.2) is 36.8 Å². The first-order valence-corrected chi connectivity index (χ1v) is 11.0. The van der Waals surface area contributed by atoms with Crippen molar-refractivity contribution >= 4 is 26.6 Å². The minimum atomic E-state index is -3.31. The number of carbonyl (C=O) groups excluding carboxylic acids is 1. The Bertz CT molecular complexity index is 968. The third kappa shape index (κ3) is 2.78. The number of hydrogen-bond donors (Lipinski definition) is 0. The third-order valence-electron chi connectivity index (χ3n) is 5.85. The summed E-state index contributed by atoms with van der Waals surface area (Å²) in [5.74, 6) is -0.167. The predicted molar refractivity (Wildman–Crippen MR) is 104 cm³/mol. The van der Waals surface area contributed by atoms with E-state index in [2.05, 4.69) is 12.1 Å². The second-order valence-corrected chi connectivity index (χ2v) is 10.3. The monoisotopic (exact) mass is 371 g/mol. The molecule has 1 aliphatic heterocycles. The van der Waals surface area contributed by atoms with Crippen LogP contribution in [0.3, 0.4) is 0 Å². The molecule has 138 valence electrons. The molecule has 0 bridgehead atoms. The van der Waals surface area contributed by atoms with Crippen molar-refractivity contribution in [2.24, 2.45) is 5.92 Å². The molecule has 5 heteroatoms. The molecule has 4 rings (SSSR count). The van der Waals surface area contributed by atoms with Gasteiger partial charge in [0.1, 0.15) is 0 Å². The molecule has 1 saturated heterocycles. The summed E-state index contributed by atoms with van der Waals surface area (Å²) in [6, 6.07) is 10.2. The van der Waals surface area contributed by atoms with Crippen molar-refractivity contribution in [3.05, 3.63) is 47.0 Å². The molecule has 26 heavy (non-hydrogen) atoms. The van der Waals surface area contributed by atoms with Gasteiger partial charge < -0.3 is 0 Å². The zero-order valence-electron chi connectivity index (χ0n) is 15.4. The first-order chi connectivity index (χ1) is 12.4. The van der Waals surface area contributed by atoms with Gasteiger partial charge in [-0.25, -0.2) is 12.7 Å². The Labute approximate surface area is 155 Å². The van der Waals surface area contributed by atoms with Gasteiger partial charge in [-0.1, -0.05) is 30.3 Å². The highest BCUT2D eigenvalue weighted by Gasteiger charge is 2.34. The highest BCUT2D eigenvalue weighted by Crippen LogP contribution is 2.34. The Morgan fingerprint density at radius 2 is 1.85 bits per heavy atom. The van der Waals surface area contributed by atoms with Crippen LogP contribution < -0.4 is 0 Å². The van der Waals surface area contributed by atoms with E-state index >= 15 is 0 Å². The lowest BCUT2D eigenvalue weighted by atomic mass is 9.88. The van der Waals surface area contributed by atoms with Gasteiger partial charge in [0.15, 0.2) is 5.78 Å². The average molecular weight is 372 g/mol. The molecule has 2 aromatic rings. The summed E-state index contributed by atoms with van der Waals surface area (Å²) in [5.41, 5.74) is 3.39. The van der Waals surface area contributed by atoms with Gasteiger partial charge in [-0.05, 0) is 61.4 Å². The number of hydrogen-bond acceptors (Lipinski definition) is 3. The van der Waals surface area contributed by atoms with Crippen LogP contribution in [0.1, 0.15) is 48.2 Å². The topological polar surface area (TPSA) is 54.5 Å². The zero-order valence-corrected chi connectivity index (χ0v) is 16.2. The molecule has 0 N–H and O–H groups in total. The van der Waals surface area contributed by atoms with Gasteiger partial charge in [0.05, 0.1) is 5.25 Å². The number of nitrogens with zero attached hydrogens (tertiary/aromatic N) is 1. The molecule has 0 unspecified atom stereocenters. The minimum Gasteiger partial charge on any atom is -0.294 e. The lowest BCUT2D eigenvalue weighted by molar-refractivity contribution is 0.0874. The van der Waals surface area contributed by atoms with E-state index in [1.54, 1.807) is 13.8 Å². The van der Waals surface area contributed by atoms with Crippen LogP contribution in [0.2, 0.25) is 0 Å². The molecule has 2 aliphatic rings. The number of rotatable bonds is 4. The SMILES string of the molecule is CC(C)S(=O)(=O)N1CCC[C@H](C(=O)c2ccc3c4c(cccc24)CC3)C1. The maximum atomic E-state index is 13.3. The molecule has 1 heterocycles. The quantitative estimate of drug-likeness (QED) is 0.772. The highest BCUT2D eigenvalue weighted by atomic mass is 32.2. The van der Waals surface area contributed by atoms with Crippen LogP contribution in [0.15, 0.2) is 30.3 Å². The molecule has 0 spiro atoms. The van der Waals surface area contributed by atoms with Gasteiger partial charge in [-0.15, -0.1) is 0 Å². The summed E-state index contributed by atoms with van der Waals surface area (Å²) in [7, 11) is -3.31. The summed E-state index contributed by atoms with van der Waals surface area (Å²) >= 11 is 0. The molecule has 2 aromatic carbocycles. The van der Waals surface area contributed by atoms with Crippen LogP contribution in [0, 0.1) is 5.92 Å². The van der Waals surface area contributed by atoms with Crippen molar-refractivity contribution in [3.8, 4) is 0 Å². The molecule has 1 fully saturated rings. The Hall–Kier alpha value is -1.72. The van der Waals surface area contributed by atoms with E-state index in [-0.39, 0.29) is 11.7 Å². The molecular weight excluding hydrogens is 346 g/mol. The van der Waals surface area contributed by atoms with Crippen molar-refractivity contribution < 1.29 is 13.2 Å². The van der Waals surface area contributed by atoms with E-state index < -0.39 is 15.3 Å². The lowest BCUT2D eigenvalue weighted by Crippen LogP contribution is -2.45. The van der Waals surface area contributed by atoms with E-state index in [0.29, 0.717) is 13.1 Å². The maximum Gasteiger partial charge on any atom is 0.216 e. The fourth-order valence-electron chi connectivity index (χ4n) is 4.37. The van der Waals surface area contributed by atoms with Crippen LogP contribution in [-0.2, 0) is 22.9 Å². The summed E-state index contributed by atoms with van der Waals surface area (Å²) in [6.45, 7) is 4.23. The first-order valence-electron chi connectivity index (χ1n) is 9.46. The van der Waals surface area contributed by atoms with Gasteiger partial charge in [-0.2, -0.15) is 0 Å². The number of piperidine rings is 1. The Kier molecular flexibility index (Phi) is 4.40.